The number of benzene rings is 1. The topological polar surface area (TPSA) is 35.2 Å². The van der Waals surface area contributed by atoms with E-state index in [0.29, 0.717) is 12.2 Å². The van der Waals surface area contributed by atoms with Gasteiger partial charge in [-0.1, -0.05) is 6.07 Å². The molecular formula is C10H14FNO. The highest BCUT2D eigenvalue weighted by atomic mass is 19.1. The van der Waals surface area contributed by atoms with Crippen LogP contribution in [0.15, 0.2) is 18.2 Å². The first kappa shape index (κ1) is 10.2. The maximum absolute atomic E-state index is 13.1. The average Bonchev–Trinajstić information content (AvgIpc) is 2.08. The standard InChI is InChI=1S/C10H14FNO/c1-7(12)9-5-8(6-13-2)3-4-10(9)11/h3-5,7H,6,12H2,1-2H3/t7-/m0/s1. The van der Waals surface area contributed by atoms with Crippen LogP contribution >= 0.6 is 0 Å². The minimum absolute atomic E-state index is 0.255. The molecule has 0 aromatic heterocycles. The van der Waals surface area contributed by atoms with Crippen molar-refractivity contribution in [2.75, 3.05) is 7.11 Å². The van der Waals surface area contributed by atoms with Crippen LogP contribution < -0.4 is 5.73 Å². The van der Waals surface area contributed by atoms with Gasteiger partial charge in [0, 0.05) is 18.7 Å². The molecule has 0 fully saturated rings. The van der Waals surface area contributed by atoms with E-state index >= 15 is 0 Å². The van der Waals surface area contributed by atoms with Gasteiger partial charge in [-0.3, -0.25) is 0 Å². The van der Waals surface area contributed by atoms with Gasteiger partial charge >= 0.3 is 0 Å². The molecule has 0 amide bonds. The van der Waals surface area contributed by atoms with Gasteiger partial charge in [0.2, 0.25) is 0 Å². The molecule has 0 saturated heterocycles. The fraction of sp³-hybridized carbons (Fsp3) is 0.400. The third kappa shape index (κ3) is 2.50. The van der Waals surface area contributed by atoms with Crippen molar-refractivity contribution in [3.8, 4) is 0 Å². The van der Waals surface area contributed by atoms with Crippen LogP contribution in [-0.2, 0) is 11.3 Å². The van der Waals surface area contributed by atoms with Crippen LogP contribution in [0.5, 0.6) is 0 Å². The zero-order valence-corrected chi connectivity index (χ0v) is 7.88. The predicted molar refractivity (Wildman–Crippen MR) is 49.7 cm³/mol. The fourth-order valence-electron chi connectivity index (χ4n) is 1.20. The van der Waals surface area contributed by atoms with Crippen molar-refractivity contribution >= 4 is 0 Å². The quantitative estimate of drug-likeness (QED) is 0.777. The van der Waals surface area contributed by atoms with Gasteiger partial charge in [0.05, 0.1) is 6.61 Å². The van der Waals surface area contributed by atoms with Gasteiger partial charge in [-0.05, 0) is 24.6 Å². The first-order valence-corrected chi connectivity index (χ1v) is 4.18. The zero-order valence-electron chi connectivity index (χ0n) is 7.88. The third-order valence-corrected chi connectivity index (χ3v) is 1.86. The summed E-state index contributed by atoms with van der Waals surface area (Å²) in [6, 6.07) is 4.58. The molecule has 0 radical (unpaired) electrons. The van der Waals surface area contributed by atoms with Gasteiger partial charge in [-0.25, -0.2) is 4.39 Å². The fourth-order valence-corrected chi connectivity index (χ4v) is 1.20. The second kappa shape index (κ2) is 4.35. The maximum Gasteiger partial charge on any atom is 0.127 e. The lowest BCUT2D eigenvalue weighted by molar-refractivity contribution is 0.184. The van der Waals surface area contributed by atoms with Crippen molar-refractivity contribution < 1.29 is 9.13 Å². The summed E-state index contributed by atoms with van der Waals surface area (Å²) in [5, 5.41) is 0. The summed E-state index contributed by atoms with van der Waals surface area (Å²) in [7, 11) is 1.61. The number of methoxy groups -OCH3 is 1. The largest absolute Gasteiger partial charge is 0.380 e. The van der Waals surface area contributed by atoms with Gasteiger partial charge in [0.25, 0.3) is 0 Å². The lowest BCUT2D eigenvalue weighted by Gasteiger charge is -2.09. The smallest absolute Gasteiger partial charge is 0.127 e. The number of hydrogen-bond acceptors (Lipinski definition) is 2. The van der Waals surface area contributed by atoms with Crippen molar-refractivity contribution in [3.05, 3.63) is 35.1 Å². The van der Waals surface area contributed by atoms with Crippen LogP contribution in [0.3, 0.4) is 0 Å². The third-order valence-electron chi connectivity index (χ3n) is 1.86. The highest BCUT2D eigenvalue weighted by Gasteiger charge is 2.07. The van der Waals surface area contributed by atoms with E-state index in [1.165, 1.54) is 6.07 Å². The molecule has 0 aliphatic rings. The van der Waals surface area contributed by atoms with Crippen molar-refractivity contribution in [1.82, 2.24) is 0 Å². The molecule has 1 atom stereocenters. The van der Waals surface area contributed by atoms with Crippen LogP contribution in [0.2, 0.25) is 0 Å². The summed E-state index contributed by atoms with van der Waals surface area (Å²) >= 11 is 0. The molecule has 0 spiro atoms. The molecule has 0 unspecified atom stereocenters. The minimum Gasteiger partial charge on any atom is -0.380 e. The van der Waals surface area contributed by atoms with E-state index in [9.17, 15) is 4.39 Å². The molecule has 0 aliphatic carbocycles. The molecule has 1 rings (SSSR count). The molecule has 0 saturated carbocycles. The van der Waals surface area contributed by atoms with Crippen molar-refractivity contribution in [2.24, 2.45) is 5.73 Å². The van der Waals surface area contributed by atoms with E-state index in [-0.39, 0.29) is 11.9 Å². The summed E-state index contributed by atoms with van der Waals surface area (Å²) in [5.74, 6) is -0.255. The number of hydrogen-bond donors (Lipinski definition) is 1. The Morgan fingerprint density at radius 3 is 2.77 bits per heavy atom. The predicted octanol–water partition coefficient (Wildman–Crippen LogP) is 1.99. The second-order valence-corrected chi connectivity index (χ2v) is 3.08. The van der Waals surface area contributed by atoms with Gasteiger partial charge in [-0.15, -0.1) is 0 Å². The molecule has 0 heterocycles. The van der Waals surface area contributed by atoms with E-state index < -0.39 is 0 Å². The molecule has 0 bridgehead atoms. The van der Waals surface area contributed by atoms with Gasteiger partial charge in [0.15, 0.2) is 0 Å². The van der Waals surface area contributed by atoms with E-state index in [1.807, 2.05) is 0 Å². The summed E-state index contributed by atoms with van der Waals surface area (Å²) < 4.78 is 18.1. The number of ether oxygens (including phenoxy) is 1. The highest BCUT2D eigenvalue weighted by molar-refractivity contribution is 5.26. The molecule has 1 aromatic rings. The summed E-state index contributed by atoms with van der Waals surface area (Å²) in [6.07, 6.45) is 0. The molecule has 3 heteroatoms. The SMILES string of the molecule is COCc1ccc(F)c([C@H](C)N)c1. The maximum atomic E-state index is 13.1. The van der Waals surface area contributed by atoms with Crippen LogP contribution in [0.4, 0.5) is 4.39 Å². The Morgan fingerprint density at radius 1 is 1.54 bits per heavy atom. The minimum atomic E-state index is -0.281. The van der Waals surface area contributed by atoms with Gasteiger partial charge in [-0.2, -0.15) is 0 Å². The van der Waals surface area contributed by atoms with Crippen LogP contribution in [0.1, 0.15) is 24.1 Å². The highest BCUT2D eigenvalue weighted by Crippen LogP contribution is 2.16. The second-order valence-electron chi connectivity index (χ2n) is 3.08. The van der Waals surface area contributed by atoms with Crippen LogP contribution in [0.25, 0.3) is 0 Å². The van der Waals surface area contributed by atoms with Crippen molar-refractivity contribution in [3.63, 3.8) is 0 Å². The van der Waals surface area contributed by atoms with E-state index in [0.717, 1.165) is 5.56 Å². The van der Waals surface area contributed by atoms with Crippen molar-refractivity contribution in [1.29, 1.82) is 0 Å². The summed E-state index contributed by atoms with van der Waals surface area (Å²) in [5.41, 5.74) is 7.08. The number of nitrogens with two attached hydrogens (primary N) is 1. The lowest BCUT2D eigenvalue weighted by atomic mass is 10.1. The Hall–Kier alpha value is -0.930. The molecule has 2 nitrogen and oxygen atoms in total. The van der Waals surface area contributed by atoms with Gasteiger partial charge < -0.3 is 10.5 Å². The molecule has 0 aliphatic heterocycles. The van der Waals surface area contributed by atoms with E-state index in [4.69, 9.17) is 10.5 Å². The lowest BCUT2D eigenvalue weighted by Crippen LogP contribution is -2.08. The van der Waals surface area contributed by atoms with Crippen molar-refractivity contribution in [2.45, 2.75) is 19.6 Å². The molecule has 2 N–H and O–H groups in total. The number of halogens is 1. The summed E-state index contributed by atoms with van der Waals surface area (Å²) in [6.45, 7) is 2.25. The first-order chi connectivity index (χ1) is 6.15. The Kier molecular flexibility index (Phi) is 3.39. The van der Waals surface area contributed by atoms with E-state index in [1.54, 1.807) is 26.2 Å². The Labute approximate surface area is 77.5 Å². The molecule has 13 heavy (non-hydrogen) atoms. The van der Waals surface area contributed by atoms with Crippen LogP contribution in [0, 0.1) is 5.82 Å². The van der Waals surface area contributed by atoms with E-state index in [2.05, 4.69) is 0 Å². The molecule has 72 valence electrons. The number of rotatable bonds is 3. The molecule has 1 aromatic carbocycles. The Bertz CT molecular complexity index is 286. The summed E-state index contributed by atoms with van der Waals surface area (Å²) in [4.78, 5) is 0. The zero-order chi connectivity index (χ0) is 9.84. The average molecular weight is 183 g/mol. The normalized spacial score (nSPS) is 12.9. The molecular weight excluding hydrogens is 169 g/mol. The monoisotopic (exact) mass is 183 g/mol. The van der Waals surface area contributed by atoms with Gasteiger partial charge in [0.1, 0.15) is 5.82 Å². The first-order valence-electron chi connectivity index (χ1n) is 4.18. The Balaban J connectivity index is 2.97. The Morgan fingerprint density at radius 2 is 2.23 bits per heavy atom. The van der Waals surface area contributed by atoms with Crippen LogP contribution in [-0.4, -0.2) is 7.11 Å².